The minimum Gasteiger partial charge on any atom is -0.369 e. The first-order valence-corrected chi connectivity index (χ1v) is 4.38. The standard InChI is InChI=1S/C4H7NO.C2H4NOP/c5-4(6)3-1-2-3;4-5-3-1-2-3/h3H,1-2H2,(H2,5,6);1-2H2. The molecule has 2 rings (SSSR count). The van der Waals surface area contributed by atoms with Crippen LogP contribution in [0.4, 0.5) is 0 Å². The van der Waals surface area contributed by atoms with Crippen LogP contribution in [0.1, 0.15) is 12.8 Å². The monoisotopic (exact) mass is 174 g/mol. The lowest BCUT2D eigenvalue weighted by atomic mass is 10.4. The third kappa shape index (κ3) is 4.06. The van der Waals surface area contributed by atoms with E-state index in [4.69, 9.17) is 5.73 Å². The van der Waals surface area contributed by atoms with E-state index in [1.807, 2.05) is 0 Å². The van der Waals surface area contributed by atoms with Crippen molar-refractivity contribution in [2.75, 3.05) is 13.1 Å². The Hall–Kier alpha value is -0.470. The molecule has 0 aromatic carbocycles. The molecule has 0 radical (unpaired) electrons. The Morgan fingerprint density at radius 3 is 2.00 bits per heavy atom. The summed E-state index contributed by atoms with van der Waals surface area (Å²) in [7, 11) is 0.191. The number of nitrogens with zero attached hydrogens (tertiary/aromatic N) is 1. The Kier molecular flexibility index (Phi) is 2.97. The topological polar surface area (TPSA) is 63.2 Å². The molecule has 1 heterocycles. The first-order chi connectivity index (χ1) is 5.24. The molecule has 1 saturated carbocycles. The van der Waals surface area contributed by atoms with Gasteiger partial charge in [0.15, 0.2) is 0 Å². The Morgan fingerprint density at radius 2 is 2.00 bits per heavy atom. The molecule has 1 aliphatic heterocycles. The van der Waals surface area contributed by atoms with Crippen molar-refractivity contribution < 1.29 is 9.36 Å². The van der Waals surface area contributed by atoms with Crippen molar-refractivity contribution >= 4 is 14.5 Å². The molecule has 11 heavy (non-hydrogen) atoms. The van der Waals surface area contributed by atoms with Gasteiger partial charge in [-0.15, -0.1) is 0 Å². The van der Waals surface area contributed by atoms with Crippen LogP contribution in [0.15, 0.2) is 0 Å². The molecule has 1 aliphatic carbocycles. The Morgan fingerprint density at radius 1 is 1.45 bits per heavy atom. The molecule has 4 nitrogen and oxygen atoms in total. The average Bonchev–Trinajstić information content (AvgIpc) is 2.86. The largest absolute Gasteiger partial charge is 0.369 e. The van der Waals surface area contributed by atoms with Gasteiger partial charge < -0.3 is 5.73 Å². The first-order valence-electron chi connectivity index (χ1n) is 3.61. The second-order valence-corrected chi connectivity index (χ2v) is 3.44. The average molecular weight is 174 g/mol. The number of amides is 1. The van der Waals surface area contributed by atoms with Crippen LogP contribution in [0.25, 0.3) is 0 Å². The number of hydrogen-bond donors (Lipinski definition) is 1. The third-order valence-corrected chi connectivity index (χ3v) is 2.15. The molecule has 1 saturated heterocycles. The summed E-state index contributed by atoms with van der Waals surface area (Å²) in [5.74, 6) is 0.111. The summed E-state index contributed by atoms with van der Waals surface area (Å²) in [4.78, 5) is 9.98. The zero-order valence-corrected chi connectivity index (χ0v) is 7.09. The zero-order valence-electron chi connectivity index (χ0n) is 6.19. The van der Waals surface area contributed by atoms with Gasteiger partial charge in [-0.2, -0.15) is 0 Å². The number of hydrogen-bond acceptors (Lipinski definition) is 2. The number of primary amides is 1. The quantitative estimate of drug-likeness (QED) is 0.486. The van der Waals surface area contributed by atoms with Crippen LogP contribution in [0, 0.1) is 5.92 Å². The Bertz CT molecular complexity index is 166. The lowest BCUT2D eigenvalue weighted by molar-refractivity contribution is -0.119. The zero-order chi connectivity index (χ0) is 8.27. The van der Waals surface area contributed by atoms with Gasteiger partial charge in [-0.1, -0.05) is 0 Å². The van der Waals surface area contributed by atoms with Crippen molar-refractivity contribution in [1.82, 2.24) is 4.67 Å². The van der Waals surface area contributed by atoms with Crippen LogP contribution in [0.2, 0.25) is 0 Å². The van der Waals surface area contributed by atoms with Gasteiger partial charge in [-0.3, -0.25) is 9.36 Å². The highest BCUT2D eigenvalue weighted by molar-refractivity contribution is 7.21. The van der Waals surface area contributed by atoms with Gasteiger partial charge in [0.1, 0.15) is 0 Å². The summed E-state index contributed by atoms with van der Waals surface area (Å²) in [5, 5.41) is 0. The molecule has 0 aromatic rings. The lowest BCUT2D eigenvalue weighted by Crippen LogP contribution is -2.11. The predicted octanol–water partition coefficient (Wildman–Crippen LogP) is 0.390. The van der Waals surface area contributed by atoms with E-state index >= 15 is 0 Å². The molecule has 0 spiro atoms. The molecule has 0 atom stereocenters. The SMILES string of the molecule is NC(=O)C1CC1.O=PN1CC1. The molecule has 0 unspecified atom stereocenters. The van der Waals surface area contributed by atoms with Gasteiger partial charge in [0.25, 0.3) is 0 Å². The molecule has 62 valence electrons. The fraction of sp³-hybridized carbons (Fsp3) is 0.833. The van der Waals surface area contributed by atoms with E-state index in [-0.39, 0.29) is 20.4 Å². The van der Waals surface area contributed by atoms with Crippen molar-refractivity contribution in [1.29, 1.82) is 0 Å². The maximum atomic E-state index is 9.98. The molecule has 0 aromatic heterocycles. The third-order valence-electron chi connectivity index (χ3n) is 1.52. The number of rotatable bonds is 2. The molecule has 2 fully saturated rings. The lowest BCUT2D eigenvalue weighted by Gasteiger charge is -1.77. The van der Waals surface area contributed by atoms with E-state index in [1.165, 1.54) is 0 Å². The van der Waals surface area contributed by atoms with E-state index in [2.05, 4.69) is 0 Å². The maximum Gasteiger partial charge on any atom is 0.249 e. The first kappa shape index (κ1) is 8.62. The summed E-state index contributed by atoms with van der Waals surface area (Å²) in [6, 6.07) is 0. The smallest absolute Gasteiger partial charge is 0.249 e. The summed E-state index contributed by atoms with van der Waals surface area (Å²) in [6.45, 7) is 2.04. The fourth-order valence-corrected chi connectivity index (χ4v) is 0.747. The second kappa shape index (κ2) is 3.79. The van der Waals surface area contributed by atoms with Crippen LogP contribution in [-0.4, -0.2) is 23.7 Å². The van der Waals surface area contributed by atoms with Crippen LogP contribution < -0.4 is 5.73 Å². The number of nitrogens with two attached hydrogens (primary N) is 1. The normalized spacial score (nSPS) is 22.2. The van der Waals surface area contributed by atoms with E-state index in [0.29, 0.717) is 0 Å². The van der Waals surface area contributed by atoms with Gasteiger partial charge in [-0.05, 0) is 12.8 Å². The van der Waals surface area contributed by atoms with Crippen molar-refractivity contribution in [3.8, 4) is 0 Å². The van der Waals surface area contributed by atoms with E-state index in [9.17, 15) is 9.36 Å². The van der Waals surface area contributed by atoms with Gasteiger partial charge in [0, 0.05) is 19.0 Å². The van der Waals surface area contributed by atoms with Crippen LogP contribution in [-0.2, 0) is 9.36 Å². The summed E-state index contributed by atoms with van der Waals surface area (Å²) in [5.41, 5.74) is 4.86. The molecular formula is C6H11N2O2P. The Labute approximate surface area is 67.0 Å². The molecule has 2 N–H and O–H groups in total. The highest BCUT2D eigenvalue weighted by Crippen LogP contribution is 2.27. The predicted molar refractivity (Wildman–Crippen MR) is 41.1 cm³/mol. The van der Waals surface area contributed by atoms with E-state index in [0.717, 1.165) is 25.9 Å². The van der Waals surface area contributed by atoms with Crippen LogP contribution in [0.3, 0.4) is 0 Å². The van der Waals surface area contributed by atoms with Crippen molar-refractivity contribution in [3.05, 3.63) is 0 Å². The molecule has 0 bridgehead atoms. The maximum absolute atomic E-state index is 9.98. The minimum atomic E-state index is -0.130. The summed E-state index contributed by atoms with van der Waals surface area (Å²) in [6.07, 6.45) is 2.05. The van der Waals surface area contributed by atoms with Crippen molar-refractivity contribution in [2.45, 2.75) is 12.8 Å². The van der Waals surface area contributed by atoms with Crippen LogP contribution in [0.5, 0.6) is 0 Å². The van der Waals surface area contributed by atoms with Gasteiger partial charge in [0.05, 0.1) is 0 Å². The minimum absolute atomic E-state index is 0.130. The van der Waals surface area contributed by atoms with Crippen molar-refractivity contribution in [2.24, 2.45) is 11.7 Å². The van der Waals surface area contributed by atoms with Crippen LogP contribution >= 0.6 is 8.61 Å². The fourth-order valence-electron chi connectivity index (χ4n) is 0.494. The van der Waals surface area contributed by atoms with Gasteiger partial charge in [-0.25, -0.2) is 4.67 Å². The highest BCUT2D eigenvalue weighted by Gasteiger charge is 2.26. The Balaban J connectivity index is 0.000000112. The molecule has 5 heteroatoms. The summed E-state index contributed by atoms with van der Waals surface area (Å²) >= 11 is 0. The van der Waals surface area contributed by atoms with E-state index in [1.54, 1.807) is 4.67 Å². The van der Waals surface area contributed by atoms with E-state index < -0.39 is 0 Å². The van der Waals surface area contributed by atoms with Gasteiger partial charge in [0.2, 0.25) is 14.5 Å². The highest BCUT2D eigenvalue weighted by atomic mass is 31.1. The van der Waals surface area contributed by atoms with Crippen molar-refractivity contribution in [3.63, 3.8) is 0 Å². The molecular weight excluding hydrogens is 163 g/mol. The number of carbonyl (C=O) groups excluding carboxylic acids is 1. The molecule has 1 amide bonds. The second-order valence-electron chi connectivity index (χ2n) is 2.71. The number of carbonyl (C=O) groups is 1. The summed E-state index contributed by atoms with van der Waals surface area (Å²) < 4.78 is 11.4. The molecule has 2 aliphatic rings. The van der Waals surface area contributed by atoms with Gasteiger partial charge >= 0.3 is 0 Å².